The Labute approximate surface area is 148 Å². The lowest BCUT2D eigenvalue weighted by Crippen LogP contribution is -2.59. The van der Waals surface area contributed by atoms with E-state index in [2.05, 4.69) is 14.7 Å². The number of ether oxygens (including phenoxy) is 1. The summed E-state index contributed by atoms with van der Waals surface area (Å²) in [5, 5.41) is 10.8. The molecule has 0 saturated carbocycles. The van der Waals surface area contributed by atoms with E-state index in [0.717, 1.165) is 45.1 Å². The van der Waals surface area contributed by atoms with Gasteiger partial charge in [-0.2, -0.15) is 0 Å². The van der Waals surface area contributed by atoms with E-state index in [-0.39, 0.29) is 10.6 Å². The first-order valence-corrected chi connectivity index (χ1v) is 9.26. The predicted molar refractivity (Wildman–Crippen MR) is 96.1 cm³/mol. The van der Waals surface area contributed by atoms with Crippen molar-refractivity contribution < 1.29 is 9.66 Å². The van der Waals surface area contributed by atoms with E-state index in [4.69, 9.17) is 4.74 Å². The molecule has 7 heteroatoms. The average molecular weight is 346 g/mol. The van der Waals surface area contributed by atoms with Crippen molar-refractivity contribution in [2.24, 2.45) is 0 Å². The zero-order chi connectivity index (χ0) is 17.2. The maximum atomic E-state index is 10.8. The second-order valence-electron chi connectivity index (χ2n) is 7.25. The van der Waals surface area contributed by atoms with E-state index in [1.54, 1.807) is 12.1 Å². The minimum Gasteiger partial charge on any atom is -0.378 e. The molecule has 3 aliphatic rings. The Hall–Kier alpha value is -1.70. The van der Waals surface area contributed by atoms with Crippen LogP contribution in [0.5, 0.6) is 0 Å². The molecule has 0 bridgehead atoms. The third-order valence-electron chi connectivity index (χ3n) is 5.89. The van der Waals surface area contributed by atoms with E-state index in [1.807, 2.05) is 12.1 Å². The maximum absolute atomic E-state index is 10.8. The van der Waals surface area contributed by atoms with Crippen LogP contribution in [0.15, 0.2) is 24.3 Å². The number of rotatable bonds is 4. The monoisotopic (exact) mass is 346 g/mol. The number of piperidine rings is 1. The third kappa shape index (κ3) is 3.63. The molecule has 3 saturated heterocycles. The molecule has 0 spiro atoms. The van der Waals surface area contributed by atoms with Crippen molar-refractivity contribution >= 4 is 11.4 Å². The summed E-state index contributed by atoms with van der Waals surface area (Å²) in [6.07, 6.45) is 2.34. The minimum absolute atomic E-state index is 0.161. The lowest BCUT2D eigenvalue weighted by atomic mass is 10.0. The molecule has 25 heavy (non-hydrogen) atoms. The van der Waals surface area contributed by atoms with Crippen LogP contribution in [0, 0.1) is 10.1 Å². The molecule has 1 aromatic carbocycles. The third-order valence-corrected chi connectivity index (χ3v) is 5.89. The van der Waals surface area contributed by atoms with Gasteiger partial charge in [0.2, 0.25) is 0 Å². The second kappa shape index (κ2) is 7.27. The molecule has 0 amide bonds. The van der Waals surface area contributed by atoms with E-state index in [1.165, 1.54) is 25.9 Å². The molecule has 4 rings (SSSR count). The molecule has 1 aromatic rings. The van der Waals surface area contributed by atoms with Crippen LogP contribution in [-0.4, -0.2) is 79.3 Å². The Balaban J connectivity index is 1.26. The molecular weight excluding hydrogens is 320 g/mol. The van der Waals surface area contributed by atoms with Crippen molar-refractivity contribution in [2.45, 2.75) is 24.9 Å². The molecule has 0 unspecified atom stereocenters. The first-order chi connectivity index (χ1) is 12.2. The van der Waals surface area contributed by atoms with Crippen LogP contribution in [0.25, 0.3) is 0 Å². The number of nitro benzene ring substituents is 1. The highest BCUT2D eigenvalue weighted by molar-refractivity contribution is 5.51. The normalized spacial score (nSPS) is 24.2. The van der Waals surface area contributed by atoms with Crippen LogP contribution >= 0.6 is 0 Å². The van der Waals surface area contributed by atoms with E-state index in [0.29, 0.717) is 12.1 Å². The molecule has 3 heterocycles. The van der Waals surface area contributed by atoms with Crippen molar-refractivity contribution in [3.8, 4) is 0 Å². The van der Waals surface area contributed by atoms with E-state index in [9.17, 15) is 10.1 Å². The van der Waals surface area contributed by atoms with Gasteiger partial charge in [-0.05, 0) is 25.0 Å². The Bertz CT molecular complexity index is 589. The number of anilines is 1. The Kier molecular flexibility index (Phi) is 4.87. The number of piperazine rings is 1. The van der Waals surface area contributed by atoms with Gasteiger partial charge in [0.25, 0.3) is 5.69 Å². The second-order valence-corrected chi connectivity index (χ2v) is 7.25. The molecule has 0 N–H and O–H groups in total. The summed E-state index contributed by atoms with van der Waals surface area (Å²) in [5.41, 5.74) is 1.26. The van der Waals surface area contributed by atoms with Gasteiger partial charge < -0.3 is 9.64 Å². The summed E-state index contributed by atoms with van der Waals surface area (Å²) in [4.78, 5) is 18.0. The summed E-state index contributed by atoms with van der Waals surface area (Å²) < 4.78 is 5.31. The van der Waals surface area contributed by atoms with Gasteiger partial charge in [0, 0.05) is 63.1 Å². The van der Waals surface area contributed by atoms with Gasteiger partial charge in [-0.1, -0.05) is 0 Å². The summed E-state index contributed by atoms with van der Waals surface area (Å²) in [5.74, 6) is 0. The predicted octanol–water partition coefficient (Wildman–Crippen LogP) is 1.58. The van der Waals surface area contributed by atoms with Crippen LogP contribution in [0.2, 0.25) is 0 Å². The van der Waals surface area contributed by atoms with Crippen molar-refractivity contribution in [1.82, 2.24) is 9.80 Å². The van der Waals surface area contributed by atoms with Crippen molar-refractivity contribution in [3.63, 3.8) is 0 Å². The van der Waals surface area contributed by atoms with E-state index >= 15 is 0 Å². The molecular formula is C18H26N4O3. The Morgan fingerprint density at radius 3 is 1.92 bits per heavy atom. The zero-order valence-electron chi connectivity index (χ0n) is 14.5. The van der Waals surface area contributed by atoms with Crippen LogP contribution in [0.3, 0.4) is 0 Å². The first-order valence-electron chi connectivity index (χ1n) is 9.26. The topological polar surface area (TPSA) is 62.1 Å². The molecule has 0 radical (unpaired) electrons. The van der Waals surface area contributed by atoms with Gasteiger partial charge in [-0.15, -0.1) is 0 Å². The largest absolute Gasteiger partial charge is 0.378 e. The summed E-state index contributed by atoms with van der Waals surface area (Å²) in [6.45, 7) is 8.53. The minimum atomic E-state index is -0.342. The number of hydrogen-bond donors (Lipinski definition) is 0. The van der Waals surface area contributed by atoms with Crippen LogP contribution in [-0.2, 0) is 4.74 Å². The fourth-order valence-corrected chi connectivity index (χ4v) is 4.18. The van der Waals surface area contributed by atoms with Crippen molar-refractivity contribution in [1.29, 1.82) is 0 Å². The molecule has 7 nitrogen and oxygen atoms in total. The summed E-state index contributed by atoms with van der Waals surface area (Å²) in [7, 11) is 0. The average Bonchev–Trinajstić information content (AvgIpc) is 2.61. The van der Waals surface area contributed by atoms with Crippen LogP contribution in [0.4, 0.5) is 11.4 Å². The van der Waals surface area contributed by atoms with Gasteiger partial charge in [0.1, 0.15) is 0 Å². The van der Waals surface area contributed by atoms with Gasteiger partial charge in [0.05, 0.1) is 24.2 Å². The van der Waals surface area contributed by atoms with Crippen LogP contribution < -0.4 is 4.90 Å². The van der Waals surface area contributed by atoms with Gasteiger partial charge >= 0.3 is 0 Å². The van der Waals surface area contributed by atoms with Gasteiger partial charge in [0.15, 0.2) is 0 Å². The number of nitro groups is 1. The fraction of sp³-hybridized carbons (Fsp3) is 0.667. The molecule has 136 valence electrons. The smallest absolute Gasteiger partial charge is 0.269 e. The van der Waals surface area contributed by atoms with Gasteiger partial charge in [-0.25, -0.2) is 0 Å². The summed E-state index contributed by atoms with van der Waals surface area (Å²) in [6, 6.07) is 8.28. The number of hydrogen-bond acceptors (Lipinski definition) is 6. The summed E-state index contributed by atoms with van der Waals surface area (Å²) >= 11 is 0. The maximum Gasteiger partial charge on any atom is 0.269 e. The van der Waals surface area contributed by atoms with Crippen molar-refractivity contribution in [2.75, 3.05) is 57.4 Å². The van der Waals surface area contributed by atoms with Crippen LogP contribution in [0.1, 0.15) is 12.8 Å². The fourth-order valence-electron chi connectivity index (χ4n) is 4.18. The highest BCUT2D eigenvalue weighted by Gasteiger charge is 2.32. The zero-order valence-corrected chi connectivity index (χ0v) is 14.5. The quantitative estimate of drug-likeness (QED) is 0.609. The standard InChI is InChI=1S/C18H26N4O3/c23-22(24)17-3-1-15(2-4-17)19-7-5-16(6-8-19)20-9-11-21(12-10-20)18-13-25-14-18/h1-4,16,18H,5-14H2. The highest BCUT2D eigenvalue weighted by atomic mass is 16.6. The Morgan fingerprint density at radius 2 is 1.44 bits per heavy atom. The first kappa shape index (κ1) is 16.8. The number of nitrogens with zero attached hydrogens (tertiary/aromatic N) is 4. The number of non-ortho nitro benzene ring substituents is 1. The molecule has 3 aliphatic heterocycles. The molecule has 0 atom stereocenters. The Morgan fingerprint density at radius 1 is 0.880 bits per heavy atom. The number of benzene rings is 1. The van der Waals surface area contributed by atoms with Crippen molar-refractivity contribution in [3.05, 3.63) is 34.4 Å². The molecule has 0 aromatic heterocycles. The van der Waals surface area contributed by atoms with E-state index < -0.39 is 0 Å². The van der Waals surface area contributed by atoms with Gasteiger partial charge in [-0.3, -0.25) is 19.9 Å². The molecule has 3 fully saturated rings. The highest BCUT2D eigenvalue weighted by Crippen LogP contribution is 2.25. The SMILES string of the molecule is O=[N+]([O-])c1ccc(N2CCC(N3CCN(C4COC4)CC3)CC2)cc1. The molecule has 0 aliphatic carbocycles. The lowest BCUT2D eigenvalue weighted by Gasteiger charge is -2.46. The lowest BCUT2D eigenvalue weighted by molar-refractivity contribution is -0.384.